The van der Waals surface area contributed by atoms with Gasteiger partial charge in [0.25, 0.3) is 5.91 Å². The number of nitrogens with zero attached hydrogens (tertiary/aromatic N) is 3. The topological polar surface area (TPSA) is 64.2 Å². The number of amides is 1. The summed E-state index contributed by atoms with van der Waals surface area (Å²) in [5.74, 6) is 0.379. The molecule has 1 rings (SSSR count). The zero-order valence-electron chi connectivity index (χ0n) is 10.4. The summed E-state index contributed by atoms with van der Waals surface area (Å²) in [6.07, 6.45) is 3.38. The Bertz CT molecular complexity index is 370. The average Bonchev–Trinajstić information content (AvgIpc) is 2.62. The zero-order chi connectivity index (χ0) is 12.3. The Morgan fingerprint density at radius 1 is 1.62 bits per heavy atom. The largest absolute Gasteiger partial charge is 0.338 e. The van der Waals surface area contributed by atoms with Gasteiger partial charge in [-0.05, 0) is 12.0 Å². The van der Waals surface area contributed by atoms with E-state index in [4.69, 9.17) is 5.73 Å². The smallest absolute Gasteiger partial charge is 0.289 e. The van der Waals surface area contributed by atoms with Crippen molar-refractivity contribution in [3.63, 3.8) is 0 Å². The van der Waals surface area contributed by atoms with Gasteiger partial charge in [0.05, 0.1) is 0 Å². The Labute approximate surface area is 96.3 Å². The first kappa shape index (κ1) is 12.7. The van der Waals surface area contributed by atoms with Crippen molar-refractivity contribution in [2.24, 2.45) is 18.2 Å². The molecule has 2 N–H and O–H groups in total. The van der Waals surface area contributed by atoms with E-state index < -0.39 is 0 Å². The number of carbonyl (C=O) groups is 1. The van der Waals surface area contributed by atoms with Crippen molar-refractivity contribution in [3.05, 3.63) is 18.2 Å². The third kappa shape index (κ3) is 2.82. The molecule has 5 nitrogen and oxygen atoms in total. The highest BCUT2D eigenvalue weighted by atomic mass is 16.2. The summed E-state index contributed by atoms with van der Waals surface area (Å²) in [7, 11) is 3.58. The second-order valence-electron chi connectivity index (χ2n) is 4.89. The summed E-state index contributed by atoms with van der Waals surface area (Å²) in [5, 5.41) is 0. The molecule has 90 valence electrons. The number of aryl methyl sites for hydroxylation is 1. The van der Waals surface area contributed by atoms with Crippen molar-refractivity contribution in [3.8, 4) is 0 Å². The van der Waals surface area contributed by atoms with E-state index in [1.54, 1.807) is 28.9 Å². The molecule has 0 aliphatic carbocycles. The summed E-state index contributed by atoms with van der Waals surface area (Å²) < 4.78 is 1.72. The summed E-state index contributed by atoms with van der Waals surface area (Å²) in [4.78, 5) is 17.7. The highest BCUT2D eigenvalue weighted by molar-refractivity contribution is 5.90. The molecule has 0 unspecified atom stereocenters. The molecule has 0 aromatic carbocycles. The lowest BCUT2D eigenvalue weighted by Gasteiger charge is -2.28. The van der Waals surface area contributed by atoms with Crippen molar-refractivity contribution in [2.75, 3.05) is 20.1 Å². The van der Waals surface area contributed by atoms with E-state index in [0.29, 0.717) is 18.9 Å². The summed E-state index contributed by atoms with van der Waals surface area (Å²) in [6.45, 7) is 5.24. The Hall–Kier alpha value is -1.36. The number of hydrogen-bond acceptors (Lipinski definition) is 3. The van der Waals surface area contributed by atoms with Crippen LogP contribution in [-0.2, 0) is 7.05 Å². The predicted molar refractivity (Wildman–Crippen MR) is 63.0 cm³/mol. The van der Waals surface area contributed by atoms with Gasteiger partial charge in [-0.3, -0.25) is 4.79 Å². The average molecular weight is 224 g/mol. The van der Waals surface area contributed by atoms with Crippen molar-refractivity contribution in [1.82, 2.24) is 14.5 Å². The third-order valence-electron chi connectivity index (χ3n) is 2.58. The Morgan fingerprint density at radius 2 is 2.25 bits per heavy atom. The van der Waals surface area contributed by atoms with Gasteiger partial charge in [0.15, 0.2) is 5.82 Å². The van der Waals surface area contributed by atoms with Crippen LogP contribution in [0.15, 0.2) is 12.4 Å². The first-order valence-corrected chi connectivity index (χ1v) is 5.30. The van der Waals surface area contributed by atoms with E-state index in [2.05, 4.69) is 4.98 Å². The molecule has 5 heteroatoms. The van der Waals surface area contributed by atoms with Gasteiger partial charge in [0.2, 0.25) is 0 Å². The molecule has 1 aromatic heterocycles. The second-order valence-corrected chi connectivity index (χ2v) is 4.89. The van der Waals surface area contributed by atoms with Crippen LogP contribution in [0.5, 0.6) is 0 Å². The van der Waals surface area contributed by atoms with E-state index in [0.717, 1.165) is 0 Å². The minimum absolute atomic E-state index is 0.0738. The summed E-state index contributed by atoms with van der Waals surface area (Å²) in [6, 6.07) is 0. The molecule has 1 heterocycles. The van der Waals surface area contributed by atoms with Crippen LogP contribution in [0.1, 0.15) is 24.5 Å². The van der Waals surface area contributed by atoms with Gasteiger partial charge in [-0.15, -0.1) is 0 Å². The molecule has 0 bridgehead atoms. The van der Waals surface area contributed by atoms with Crippen molar-refractivity contribution < 1.29 is 4.79 Å². The number of rotatable bonds is 4. The monoisotopic (exact) mass is 224 g/mol. The van der Waals surface area contributed by atoms with Gasteiger partial charge in [0.1, 0.15) is 0 Å². The molecule has 0 saturated carbocycles. The van der Waals surface area contributed by atoms with Gasteiger partial charge in [-0.2, -0.15) is 0 Å². The van der Waals surface area contributed by atoms with Crippen LogP contribution in [0.3, 0.4) is 0 Å². The normalized spacial score (nSPS) is 11.6. The highest BCUT2D eigenvalue weighted by Gasteiger charge is 2.23. The van der Waals surface area contributed by atoms with E-state index in [9.17, 15) is 4.79 Å². The molecule has 0 aliphatic rings. The lowest BCUT2D eigenvalue weighted by molar-refractivity contribution is 0.0725. The van der Waals surface area contributed by atoms with E-state index in [1.807, 2.05) is 20.9 Å². The first-order valence-electron chi connectivity index (χ1n) is 5.30. The molecule has 1 aromatic rings. The fourth-order valence-electron chi connectivity index (χ4n) is 1.52. The van der Waals surface area contributed by atoms with Crippen molar-refractivity contribution in [1.29, 1.82) is 0 Å². The lowest BCUT2D eigenvalue weighted by atomic mass is 9.93. The van der Waals surface area contributed by atoms with Crippen LogP contribution < -0.4 is 5.73 Å². The number of carbonyl (C=O) groups excluding carboxylic acids is 1. The maximum absolute atomic E-state index is 12.0. The third-order valence-corrected chi connectivity index (χ3v) is 2.58. The molecule has 0 spiro atoms. The Balaban J connectivity index is 2.73. The number of hydrogen-bond donors (Lipinski definition) is 1. The van der Waals surface area contributed by atoms with Crippen LogP contribution in [0.2, 0.25) is 0 Å². The van der Waals surface area contributed by atoms with Gasteiger partial charge in [-0.25, -0.2) is 4.98 Å². The van der Waals surface area contributed by atoms with E-state index in [1.165, 1.54) is 0 Å². The molecule has 0 fully saturated rings. The predicted octanol–water partition coefficient (Wildman–Crippen LogP) is 0.477. The van der Waals surface area contributed by atoms with E-state index in [-0.39, 0.29) is 11.3 Å². The van der Waals surface area contributed by atoms with Crippen LogP contribution >= 0.6 is 0 Å². The van der Waals surface area contributed by atoms with Gasteiger partial charge in [-0.1, -0.05) is 13.8 Å². The molecule has 0 aliphatic heterocycles. The molecular formula is C11H20N4O. The maximum Gasteiger partial charge on any atom is 0.289 e. The summed E-state index contributed by atoms with van der Waals surface area (Å²) >= 11 is 0. The quantitative estimate of drug-likeness (QED) is 0.809. The zero-order valence-corrected chi connectivity index (χ0v) is 10.4. The van der Waals surface area contributed by atoms with Crippen LogP contribution in [0.25, 0.3) is 0 Å². The number of imidazole rings is 1. The van der Waals surface area contributed by atoms with Crippen molar-refractivity contribution >= 4 is 5.91 Å². The van der Waals surface area contributed by atoms with Crippen LogP contribution in [0, 0.1) is 5.41 Å². The van der Waals surface area contributed by atoms with Crippen LogP contribution in [0.4, 0.5) is 0 Å². The molecule has 1 amide bonds. The molecule has 0 saturated heterocycles. The lowest BCUT2D eigenvalue weighted by Crippen LogP contribution is -2.40. The number of aromatic nitrogens is 2. The molecular weight excluding hydrogens is 204 g/mol. The second kappa shape index (κ2) is 4.65. The van der Waals surface area contributed by atoms with Gasteiger partial charge >= 0.3 is 0 Å². The van der Waals surface area contributed by atoms with E-state index >= 15 is 0 Å². The molecule has 16 heavy (non-hydrogen) atoms. The Morgan fingerprint density at radius 3 is 2.69 bits per heavy atom. The fourth-order valence-corrected chi connectivity index (χ4v) is 1.52. The molecule has 0 radical (unpaired) electrons. The van der Waals surface area contributed by atoms with Crippen LogP contribution in [-0.4, -0.2) is 40.5 Å². The summed E-state index contributed by atoms with van der Waals surface area (Å²) in [5.41, 5.74) is 5.57. The molecule has 0 atom stereocenters. The van der Waals surface area contributed by atoms with Gasteiger partial charge in [0, 0.05) is 33.0 Å². The van der Waals surface area contributed by atoms with Gasteiger partial charge < -0.3 is 15.2 Å². The Kier molecular flexibility index (Phi) is 3.70. The number of nitrogens with two attached hydrogens (primary N) is 1. The SMILES string of the molecule is CN(CC(C)(C)CN)C(=O)c1nccn1C. The highest BCUT2D eigenvalue weighted by Crippen LogP contribution is 2.15. The minimum atomic E-state index is -0.0750. The minimum Gasteiger partial charge on any atom is -0.338 e. The maximum atomic E-state index is 12.0. The van der Waals surface area contributed by atoms with Crippen molar-refractivity contribution in [2.45, 2.75) is 13.8 Å². The first-order chi connectivity index (χ1) is 7.37. The standard InChI is InChI=1S/C11H20N4O/c1-11(2,7-12)8-15(4)10(16)9-13-5-6-14(9)3/h5-6H,7-8,12H2,1-4H3. The fraction of sp³-hybridized carbons (Fsp3) is 0.636.